The van der Waals surface area contributed by atoms with Crippen molar-refractivity contribution in [2.24, 2.45) is 0 Å². The summed E-state index contributed by atoms with van der Waals surface area (Å²) in [5, 5.41) is 12.6. The highest BCUT2D eigenvalue weighted by Gasteiger charge is 2.28. The Hall–Kier alpha value is -1.31. The van der Waals surface area contributed by atoms with Gasteiger partial charge in [-0.05, 0) is 24.6 Å². The standard InChI is InChI=1S/C13H12ClN3O2S2/c1-7-8(14)3-2-4-9(7)15-12-16-17-13(21-12)20-10-5-6-19-11(10)18/h2-4,10H,5-6H2,1H3,(H,15,16)/t10-/m1/s1. The number of nitrogens with zero attached hydrogens (tertiary/aromatic N) is 2. The van der Waals surface area contributed by atoms with Crippen molar-refractivity contribution < 1.29 is 9.53 Å². The van der Waals surface area contributed by atoms with Crippen molar-refractivity contribution in [3.63, 3.8) is 0 Å². The van der Waals surface area contributed by atoms with Crippen LogP contribution < -0.4 is 5.32 Å². The molecule has 0 unspecified atom stereocenters. The minimum atomic E-state index is -0.171. The van der Waals surface area contributed by atoms with E-state index in [0.29, 0.717) is 16.8 Å². The van der Waals surface area contributed by atoms with Crippen LogP contribution in [0.5, 0.6) is 0 Å². The molecule has 0 aliphatic carbocycles. The van der Waals surface area contributed by atoms with Gasteiger partial charge in [0.2, 0.25) is 5.13 Å². The number of anilines is 2. The number of carbonyl (C=O) groups excluding carboxylic acids is 1. The monoisotopic (exact) mass is 341 g/mol. The molecular formula is C13H12ClN3O2S2. The Balaban J connectivity index is 1.70. The quantitative estimate of drug-likeness (QED) is 0.856. The molecule has 8 heteroatoms. The van der Waals surface area contributed by atoms with Crippen LogP contribution in [-0.4, -0.2) is 28.0 Å². The molecule has 0 amide bonds. The fourth-order valence-electron chi connectivity index (χ4n) is 1.87. The predicted molar refractivity (Wildman–Crippen MR) is 84.6 cm³/mol. The minimum absolute atomic E-state index is 0.168. The number of esters is 1. The largest absolute Gasteiger partial charge is 0.465 e. The van der Waals surface area contributed by atoms with Crippen LogP contribution in [0.3, 0.4) is 0 Å². The van der Waals surface area contributed by atoms with E-state index in [2.05, 4.69) is 15.5 Å². The predicted octanol–water partition coefficient (Wildman–Crippen LogP) is 3.65. The zero-order chi connectivity index (χ0) is 14.8. The molecule has 2 aromatic rings. The first-order chi connectivity index (χ1) is 10.1. The van der Waals surface area contributed by atoms with Crippen LogP contribution in [0.2, 0.25) is 5.02 Å². The Morgan fingerprint density at radius 1 is 1.48 bits per heavy atom. The van der Waals surface area contributed by atoms with Gasteiger partial charge in [-0.3, -0.25) is 4.79 Å². The van der Waals surface area contributed by atoms with E-state index in [1.54, 1.807) is 0 Å². The van der Waals surface area contributed by atoms with Crippen molar-refractivity contribution >= 4 is 51.5 Å². The van der Waals surface area contributed by atoms with Crippen LogP contribution in [0, 0.1) is 6.92 Å². The molecule has 1 aromatic carbocycles. The Labute approximate surface area is 135 Å². The summed E-state index contributed by atoms with van der Waals surface area (Å²) in [7, 11) is 0. The second kappa shape index (κ2) is 6.21. The van der Waals surface area contributed by atoms with E-state index >= 15 is 0 Å². The third-order valence-corrected chi connectivity index (χ3v) is 5.62. The van der Waals surface area contributed by atoms with Gasteiger partial charge in [0, 0.05) is 17.1 Å². The van der Waals surface area contributed by atoms with Crippen molar-refractivity contribution in [3.8, 4) is 0 Å². The van der Waals surface area contributed by atoms with Gasteiger partial charge in [0.1, 0.15) is 5.25 Å². The molecule has 3 rings (SSSR count). The Kier molecular flexibility index (Phi) is 4.32. The molecule has 1 aromatic heterocycles. The molecule has 0 spiro atoms. The highest BCUT2D eigenvalue weighted by molar-refractivity contribution is 8.02. The van der Waals surface area contributed by atoms with E-state index in [1.165, 1.54) is 23.1 Å². The lowest BCUT2D eigenvalue weighted by Gasteiger charge is -2.07. The molecule has 110 valence electrons. The fourth-order valence-corrected chi connectivity index (χ4v) is 4.02. The van der Waals surface area contributed by atoms with E-state index in [1.807, 2.05) is 25.1 Å². The summed E-state index contributed by atoms with van der Waals surface area (Å²) in [6, 6.07) is 5.65. The average molecular weight is 342 g/mol. The van der Waals surface area contributed by atoms with E-state index in [-0.39, 0.29) is 11.2 Å². The number of benzene rings is 1. The first-order valence-corrected chi connectivity index (χ1v) is 8.40. The van der Waals surface area contributed by atoms with Crippen molar-refractivity contribution in [2.75, 3.05) is 11.9 Å². The lowest BCUT2D eigenvalue weighted by molar-refractivity contribution is -0.137. The minimum Gasteiger partial charge on any atom is -0.465 e. The number of halogens is 1. The number of rotatable bonds is 4. The van der Waals surface area contributed by atoms with E-state index in [0.717, 1.165) is 22.0 Å². The Morgan fingerprint density at radius 2 is 2.33 bits per heavy atom. The highest BCUT2D eigenvalue weighted by atomic mass is 35.5. The molecule has 0 saturated carbocycles. The number of hydrogen-bond acceptors (Lipinski definition) is 7. The molecule has 1 atom stereocenters. The van der Waals surface area contributed by atoms with Crippen LogP contribution in [-0.2, 0) is 9.53 Å². The second-order valence-corrected chi connectivity index (χ2v) is 7.31. The number of carbonyl (C=O) groups is 1. The lowest BCUT2D eigenvalue weighted by Crippen LogP contribution is -2.08. The first kappa shape index (κ1) is 14.6. The molecule has 21 heavy (non-hydrogen) atoms. The summed E-state index contributed by atoms with van der Waals surface area (Å²) in [6.07, 6.45) is 0.721. The molecule has 0 radical (unpaired) electrons. The topological polar surface area (TPSA) is 64.1 Å². The molecule has 1 N–H and O–H groups in total. The van der Waals surface area contributed by atoms with E-state index < -0.39 is 0 Å². The van der Waals surface area contributed by atoms with Gasteiger partial charge < -0.3 is 10.1 Å². The van der Waals surface area contributed by atoms with Crippen molar-refractivity contribution in [1.82, 2.24) is 10.2 Å². The lowest BCUT2D eigenvalue weighted by atomic mass is 10.2. The number of nitrogens with one attached hydrogen (secondary N) is 1. The van der Waals surface area contributed by atoms with Gasteiger partial charge in [-0.15, -0.1) is 10.2 Å². The molecule has 1 fully saturated rings. The highest BCUT2D eigenvalue weighted by Crippen LogP contribution is 2.34. The summed E-state index contributed by atoms with van der Waals surface area (Å²) in [5.41, 5.74) is 1.86. The van der Waals surface area contributed by atoms with E-state index in [4.69, 9.17) is 16.3 Å². The van der Waals surface area contributed by atoms with Crippen molar-refractivity contribution in [2.45, 2.75) is 22.9 Å². The molecule has 0 bridgehead atoms. The van der Waals surface area contributed by atoms with Crippen LogP contribution in [0.1, 0.15) is 12.0 Å². The van der Waals surface area contributed by atoms with Gasteiger partial charge in [0.25, 0.3) is 0 Å². The summed E-state index contributed by atoms with van der Waals surface area (Å²) >= 11 is 8.90. The normalized spacial score (nSPS) is 17.8. The molecule has 5 nitrogen and oxygen atoms in total. The maximum Gasteiger partial charge on any atom is 0.319 e. The van der Waals surface area contributed by atoms with Gasteiger partial charge >= 0.3 is 5.97 Å². The Bertz CT molecular complexity index is 677. The van der Waals surface area contributed by atoms with Gasteiger partial charge in [-0.1, -0.05) is 40.8 Å². The molecule has 2 heterocycles. The number of thioether (sulfide) groups is 1. The van der Waals surface area contributed by atoms with Crippen LogP contribution in [0.25, 0.3) is 0 Å². The fraction of sp³-hybridized carbons (Fsp3) is 0.308. The number of hydrogen-bond donors (Lipinski definition) is 1. The third kappa shape index (κ3) is 3.30. The van der Waals surface area contributed by atoms with Crippen LogP contribution >= 0.6 is 34.7 Å². The number of aromatic nitrogens is 2. The molecular weight excluding hydrogens is 330 g/mol. The summed E-state index contributed by atoms with van der Waals surface area (Å²) in [6.45, 7) is 2.43. The average Bonchev–Trinajstić information content (AvgIpc) is 3.06. The first-order valence-electron chi connectivity index (χ1n) is 6.32. The van der Waals surface area contributed by atoms with Gasteiger partial charge in [-0.2, -0.15) is 0 Å². The number of ether oxygens (including phenoxy) is 1. The summed E-state index contributed by atoms with van der Waals surface area (Å²) in [5.74, 6) is -0.171. The Morgan fingerprint density at radius 3 is 3.10 bits per heavy atom. The maximum absolute atomic E-state index is 11.4. The molecule has 1 aliphatic heterocycles. The number of cyclic esters (lactones) is 1. The van der Waals surface area contributed by atoms with Crippen LogP contribution in [0.15, 0.2) is 22.5 Å². The summed E-state index contributed by atoms with van der Waals surface area (Å²) < 4.78 is 5.69. The molecule has 1 saturated heterocycles. The molecule has 1 aliphatic rings. The van der Waals surface area contributed by atoms with Gasteiger partial charge in [0.05, 0.1) is 6.61 Å². The summed E-state index contributed by atoms with van der Waals surface area (Å²) in [4.78, 5) is 11.4. The van der Waals surface area contributed by atoms with Gasteiger partial charge in [0.15, 0.2) is 4.34 Å². The smallest absolute Gasteiger partial charge is 0.319 e. The van der Waals surface area contributed by atoms with Gasteiger partial charge in [-0.25, -0.2) is 0 Å². The zero-order valence-corrected chi connectivity index (χ0v) is 13.5. The SMILES string of the molecule is Cc1c(Cl)cccc1Nc1nnc(S[C@@H]2CCOC2=O)s1. The van der Waals surface area contributed by atoms with Crippen molar-refractivity contribution in [1.29, 1.82) is 0 Å². The second-order valence-electron chi connectivity index (χ2n) is 4.47. The van der Waals surface area contributed by atoms with Crippen LogP contribution in [0.4, 0.5) is 10.8 Å². The zero-order valence-electron chi connectivity index (χ0n) is 11.1. The third-order valence-electron chi connectivity index (χ3n) is 3.05. The van der Waals surface area contributed by atoms with Crippen molar-refractivity contribution in [3.05, 3.63) is 28.8 Å². The van der Waals surface area contributed by atoms with E-state index in [9.17, 15) is 4.79 Å². The maximum atomic E-state index is 11.4.